The van der Waals surface area contributed by atoms with Gasteiger partial charge in [0, 0.05) is 19.1 Å². The van der Waals surface area contributed by atoms with Crippen LogP contribution in [-0.2, 0) is 6.54 Å². The van der Waals surface area contributed by atoms with Gasteiger partial charge in [0.1, 0.15) is 0 Å². The first-order valence-corrected chi connectivity index (χ1v) is 7.14. The van der Waals surface area contributed by atoms with Gasteiger partial charge in [0.25, 0.3) is 0 Å². The van der Waals surface area contributed by atoms with Gasteiger partial charge in [-0.1, -0.05) is 29.8 Å². The highest BCUT2D eigenvalue weighted by molar-refractivity contribution is 5.22. The third-order valence-corrected chi connectivity index (χ3v) is 4.19. The minimum Gasteiger partial charge on any atom is -0.317 e. The average Bonchev–Trinajstić information content (AvgIpc) is 2.38. The van der Waals surface area contributed by atoms with Gasteiger partial charge in [-0.25, -0.2) is 0 Å². The van der Waals surface area contributed by atoms with Crippen LogP contribution in [0.5, 0.6) is 0 Å². The fourth-order valence-corrected chi connectivity index (χ4v) is 2.95. The van der Waals surface area contributed by atoms with Crippen molar-refractivity contribution in [3.8, 4) is 0 Å². The number of likely N-dealkylation sites (tertiary alicyclic amines) is 1. The van der Waals surface area contributed by atoms with Crippen molar-refractivity contribution in [2.24, 2.45) is 5.92 Å². The first-order chi connectivity index (χ1) is 8.69. The molecule has 1 saturated heterocycles. The second-order valence-corrected chi connectivity index (χ2v) is 5.70. The maximum Gasteiger partial charge on any atom is 0.0233 e. The van der Waals surface area contributed by atoms with Gasteiger partial charge >= 0.3 is 0 Å². The van der Waals surface area contributed by atoms with E-state index >= 15 is 0 Å². The van der Waals surface area contributed by atoms with Crippen LogP contribution in [0, 0.1) is 12.8 Å². The first-order valence-electron chi connectivity index (χ1n) is 7.14. The van der Waals surface area contributed by atoms with Crippen molar-refractivity contribution in [2.45, 2.75) is 39.3 Å². The van der Waals surface area contributed by atoms with Gasteiger partial charge in [-0.2, -0.15) is 0 Å². The molecule has 1 fully saturated rings. The number of rotatable bonds is 4. The minimum atomic E-state index is 0.630. The molecule has 18 heavy (non-hydrogen) atoms. The molecule has 1 aromatic rings. The fraction of sp³-hybridized carbons (Fsp3) is 0.625. The van der Waals surface area contributed by atoms with Gasteiger partial charge in [0.2, 0.25) is 0 Å². The Morgan fingerprint density at radius 3 is 3.00 bits per heavy atom. The Kier molecular flexibility index (Phi) is 4.79. The topological polar surface area (TPSA) is 15.3 Å². The van der Waals surface area contributed by atoms with E-state index in [1.54, 1.807) is 0 Å². The first kappa shape index (κ1) is 13.6. The van der Waals surface area contributed by atoms with E-state index in [-0.39, 0.29) is 0 Å². The van der Waals surface area contributed by atoms with Crippen molar-refractivity contribution >= 4 is 0 Å². The summed E-state index contributed by atoms with van der Waals surface area (Å²) in [5, 5.41) is 3.40. The Balaban J connectivity index is 1.93. The molecule has 0 spiro atoms. The molecule has 1 N–H and O–H groups in total. The zero-order chi connectivity index (χ0) is 13.0. The van der Waals surface area contributed by atoms with E-state index in [9.17, 15) is 0 Å². The summed E-state index contributed by atoms with van der Waals surface area (Å²) < 4.78 is 0. The van der Waals surface area contributed by atoms with Crippen LogP contribution in [0.4, 0.5) is 0 Å². The van der Waals surface area contributed by atoms with Crippen molar-refractivity contribution in [2.75, 3.05) is 20.1 Å². The monoisotopic (exact) mass is 246 g/mol. The predicted molar refractivity (Wildman–Crippen MR) is 77.7 cm³/mol. The van der Waals surface area contributed by atoms with E-state index < -0.39 is 0 Å². The lowest BCUT2D eigenvalue weighted by atomic mass is 9.91. The summed E-state index contributed by atoms with van der Waals surface area (Å²) in [4.78, 5) is 2.61. The summed E-state index contributed by atoms with van der Waals surface area (Å²) in [6, 6.07) is 9.53. The number of aryl methyl sites for hydroxylation is 1. The summed E-state index contributed by atoms with van der Waals surface area (Å²) >= 11 is 0. The van der Waals surface area contributed by atoms with E-state index in [1.807, 2.05) is 0 Å². The molecule has 0 saturated carbocycles. The molecule has 0 bridgehead atoms. The molecule has 1 aromatic carbocycles. The Morgan fingerprint density at radius 2 is 2.28 bits per heavy atom. The van der Waals surface area contributed by atoms with Crippen molar-refractivity contribution in [3.63, 3.8) is 0 Å². The van der Waals surface area contributed by atoms with Crippen LogP contribution in [0.15, 0.2) is 24.3 Å². The van der Waals surface area contributed by atoms with E-state index in [4.69, 9.17) is 0 Å². The molecule has 1 heterocycles. The highest BCUT2D eigenvalue weighted by Crippen LogP contribution is 2.21. The Labute approximate surface area is 111 Å². The molecule has 100 valence electrons. The summed E-state index contributed by atoms with van der Waals surface area (Å²) in [7, 11) is 2.07. The highest BCUT2D eigenvalue weighted by Gasteiger charge is 2.23. The van der Waals surface area contributed by atoms with E-state index in [0.717, 1.165) is 12.5 Å². The second kappa shape index (κ2) is 6.35. The maximum absolute atomic E-state index is 3.40. The predicted octanol–water partition coefficient (Wildman–Crippen LogP) is 2.81. The largest absolute Gasteiger partial charge is 0.317 e. The third kappa shape index (κ3) is 3.56. The van der Waals surface area contributed by atoms with Crippen LogP contribution in [0.2, 0.25) is 0 Å². The number of nitrogens with one attached hydrogen (secondary N) is 1. The minimum absolute atomic E-state index is 0.630. The second-order valence-electron chi connectivity index (χ2n) is 5.70. The molecule has 1 aliphatic rings. The van der Waals surface area contributed by atoms with Gasteiger partial charge in [-0.15, -0.1) is 0 Å². The lowest BCUT2D eigenvalue weighted by molar-refractivity contribution is 0.147. The van der Waals surface area contributed by atoms with Crippen LogP contribution in [0.3, 0.4) is 0 Å². The molecule has 2 rings (SSSR count). The number of nitrogens with zero attached hydrogens (tertiary/aromatic N) is 1. The summed E-state index contributed by atoms with van der Waals surface area (Å²) in [5.41, 5.74) is 2.82. The van der Waals surface area contributed by atoms with Gasteiger partial charge in [-0.05, 0) is 51.8 Å². The molecule has 2 atom stereocenters. The SMILES string of the molecule is CNC(C)C1CCCN(Cc2cccc(C)c2)C1. The number of benzene rings is 1. The van der Waals surface area contributed by atoms with Crippen molar-refractivity contribution in [1.29, 1.82) is 0 Å². The summed E-state index contributed by atoms with van der Waals surface area (Å²) in [5.74, 6) is 0.800. The molecular weight excluding hydrogens is 220 g/mol. The summed E-state index contributed by atoms with van der Waals surface area (Å²) in [6.45, 7) is 8.07. The normalized spacial score (nSPS) is 22.9. The number of piperidine rings is 1. The molecule has 2 nitrogen and oxygen atoms in total. The number of hydrogen-bond acceptors (Lipinski definition) is 2. The van der Waals surface area contributed by atoms with Crippen molar-refractivity contribution in [3.05, 3.63) is 35.4 Å². The highest BCUT2D eigenvalue weighted by atomic mass is 15.1. The molecule has 0 radical (unpaired) electrons. The van der Waals surface area contributed by atoms with Gasteiger partial charge in [-0.3, -0.25) is 4.90 Å². The number of hydrogen-bond donors (Lipinski definition) is 1. The lowest BCUT2D eigenvalue weighted by Crippen LogP contribution is -2.43. The zero-order valence-corrected chi connectivity index (χ0v) is 11.9. The lowest BCUT2D eigenvalue weighted by Gasteiger charge is -2.35. The summed E-state index contributed by atoms with van der Waals surface area (Å²) in [6.07, 6.45) is 2.70. The molecule has 0 amide bonds. The van der Waals surface area contributed by atoms with Crippen molar-refractivity contribution in [1.82, 2.24) is 10.2 Å². The Bertz CT molecular complexity index is 375. The Hall–Kier alpha value is -0.860. The van der Waals surface area contributed by atoms with Crippen LogP contribution in [-0.4, -0.2) is 31.1 Å². The van der Waals surface area contributed by atoms with Crippen LogP contribution in [0.25, 0.3) is 0 Å². The molecule has 2 heteroatoms. The Morgan fingerprint density at radius 1 is 1.44 bits per heavy atom. The standard InChI is InChI=1S/C16H26N2/c1-13-6-4-7-15(10-13)11-18-9-5-8-16(12-18)14(2)17-3/h4,6-7,10,14,16-17H,5,8-9,11-12H2,1-3H3. The van der Waals surface area contributed by atoms with Crippen LogP contribution in [0.1, 0.15) is 30.9 Å². The van der Waals surface area contributed by atoms with Crippen LogP contribution < -0.4 is 5.32 Å². The van der Waals surface area contributed by atoms with Gasteiger partial charge in [0.05, 0.1) is 0 Å². The van der Waals surface area contributed by atoms with E-state index in [1.165, 1.54) is 37.1 Å². The van der Waals surface area contributed by atoms with Crippen LogP contribution >= 0.6 is 0 Å². The van der Waals surface area contributed by atoms with Gasteiger partial charge < -0.3 is 5.32 Å². The molecular formula is C16H26N2. The molecule has 0 aliphatic carbocycles. The third-order valence-electron chi connectivity index (χ3n) is 4.19. The molecule has 1 aliphatic heterocycles. The average molecular weight is 246 g/mol. The van der Waals surface area contributed by atoms with E-state index in [0.29, 0.717) is 6.04 Å². The van der Waals surface area contributed by atoms with E-state index in [2.05, 4.69) is 55.4 Å². The molecule has 2 unspecified atom stereocenters. The molecule has 0 aromatic heterocycles. The maximum atomic E-state index is 3.40. The zero-order valence-electron chi connectivity index (χ0n) is 11.9. The van der Waals surface area contributed by atoms with Crippen molar-refractivity contribution < 1.29 is 0 Å². The van der Waals surface area contributed by atoms with Gasteiger partial charge in [0.15, 0.2) is 0 Å². The smallest absolute Gasteiger partial charge is 0.0233 e. The quantitative estimate of drug-likeness (QED) is 0.879. The fourth-order valence-electron chi connectivity index (χ4n) is 2.95.